The zero-order valence-electron chi connectivity index (χ0n) is 78.0. The number of hydrogen-bond acceptors (Lipinski definition) is 12. The van der Waals surface area contributed by atoms with Gasteiger partial charge in [0.2, 0.25) is 11.8 Å². The van der Waals surface area contributed by atoms with Crippen LogP contribution in [0.3, 0.4) is 0 Å². The van der Waals surface area contributed by atoms with Crippen molar-refractivity contribution in [3.8, 4) is 0 Å². The third-order valence-corrected chi connectivity index (χ3v) is 24.3. The van der Waals surface area contributed by atoms with Crippen LogP contribution in [0.5, 0.6) is 0 Å². The first-order valence-electron chi connectivity index (χ1n) is 50.1. The molecule has 674 valence electrons. The van der Waals surface area contributed by atoms with Gasteiger partial charge in [-0.3, -0.25) is 28.8 Å². The van der Waals surface area contributed by atoms with E-state index in [9.17, 15) is 28.8 Å². The van der Waals surface area contributed by atoms with Crippen LogP contribution in [0.1, 0.15) is 520 Å². The van der Waals surface area contributed by atoms with Crippen molar-refractivity contribution in [2.45, 2.75) is 544 Å². The van der Waals surface area contributed by atoms with E-state index < -0.39 is 10.8 Å². The Bertz CT molecular complexity index is 2000. The second kappa shape index (κ2) is 80.8. The van der Waals surface area contributed by atoms with Gasteiger partial charge in [-0.25, -0.2) is 0 Å². The molecular weight excluding hydrogens is 1420 g/mol. The first kappa shape index (κ1) is 111. The summed E-state index contributed by atoms with van der Waals surface area (Å²) in [5, 5.41) is 6.29. The van der Waals surface area contributed by atoms with E-state index in [1.165, 1.54) is 218 Å². The Morgan fingerprint density at radius 2 is 0.465 bits per heavy atom. The molecule has 0 spiro atoms. The van der Waals surface area contributed by atoms with Gasteiger partial charge in [-0.2, -0.15) is 0 Å². The van der Waals surface area contributed by atoms with E-state index >= 15 is 0 Å². The van der Waals surface area contributed by atoms with Crippen LogP contribution in [0.2, 0.25) is 0 Å². The van der Waals surface area contributed by atoms with Gasteiger partial charge in [0, 0.05) is 51.9 Å². The van der Waals surface area contributed by atoms with Gasteiger partial charge in [-0.05, 0) is 195 Å². The standard InChI is InChI=1S/C100H194N4O10/c1-13-21-27-33-39-41-49-55-69-89(19-7)113-97(109)99(9,10)79-63-67-85-103(83-65-53-43-51-61-75-95(107)111-91(71-57-45-35-29-23-15-3)72-58-46-36-30-24-16-4)87-81-101-93(105)77-78-94(106)102-82-88-104(86-68-64-80-100(11,12)98(110)114-90(20-8)70-56-50-42-40-34-28-22-14-2)84-66-54-44-52-62-76-96(108)112-92(73-59-47-37-31-25-17-5)74-60-48-38-32-26-18-6/h89-92H,13-88H2,1-12H3,(H,101,105)(H,102,106)/t89-,90-/m1/s1. The second-order valence-electron chi connectivity index (χ2n) is 36.4. The first-order valence-corrected chi connectivity index (χ1v) is 50.1. The Labute approximate surface area is 707 Å². The molecule has 0 aromatic heterocycles. The molecule has 0 fully saturated rings. The van der Waals surface area contributed by atoms with Gasteiger partial charge in [0.25, 0.3) is 0 Å². The summed E-state index contributed by atoms with van der Waals surface area (Å²) in [4.78, 5) is 85.5. The maximum Gasteiger partial charge on any atom is 0.311 e. The molecule has 2 amide bonds. The smallest absolute Gasteiger partial charge is 0.311 e. The van der Waals surface area contributed by atoms with Crippen molar-refractivity contribution in [2.24, 2.45) is 10.8 Å². The number of carbonyl (C=O) groups excluding carboxylic acids is 6. The summed E-state index contributed by atoms with van der Waals surface area (Å²) in [6, 6.07) is 0. The van der Waals surface area contributed by atoms with Crippen LogP contribution in [0.4, 0.5) is 0 Å². The molecule has 0 aliphatic heterocycles. The highest BCUT2D eigenvalue weighted by atomic mass is 16.6. The van der Waals surface area contributed by atoms with E-state index in [0.29, 0.717) is 39.0 Å². The Morgan fingerprint density at radius 1 is 0.246 bits per heavy atom. The molecule has 0 aromatic rings. The third-order valence-electron chi connectivity index (χ3n) is 24.3. The number of ether oxygens (including phenoxy) is 4. The normalized spacial score (nSPS) is 12.5. The van der Waals surface area contributed by atoms with Crippen molar-refractivity contribution in [2.75, 3.05) is 52.4 Å². The summed E-state index contributed by atoms with van der Waals surface area (Å²) in [6.45, 7) is 31.9. The number of rotatable bonds is 89. The predicted molar refractivity (Wildman–Crippen MR) is 485 cm³/mol. The first-order chi connectivity index (χ1) is 55.3. The fraction of sp³-hybridized carbons (Fsp3) is 0.940. The maximum absolute atomic E-state index is 13.6. The monoisotopic (exact) mass is 1610 g/mol. The molecule has 2 N–H and O–H groups in total. The molecule has 0 saturated heterocycles. The zero-order chi connectivity index (χ0) is 83.9. The Kier molecular flexibility index (Phi) is 78.5. The summed E-state index contributed by atoms with van der Waals surface area (Å²) >= 11 is 0. The van der Waals surface area contributed by atoms with Crippen LogP contribution in [-0.2, 0) is 47.7 Å². The number of nitrogens with zero attached hydrogens (tertiary/aromatic N) is 2. The van der Waals surface area contributed by atoms with Crippen molar-refractivity contribution < 1.29 is 47.7 Å². The molecule has 14 nitrogen and oxygen atoms in total. The minimum atomic E-state index is -0.570. The molecule has 0 radical (unpaired) electrons. The summed E-state index contributed by atoms with van der Waals surface area (Å²) in [6.07, 6.45) is 74.1. The van der Waals surface area contributed by atoms with Crippen molar-refractivity contribution in [1.29, 1.82) is 0 Å². The fourth-order valence-electron chi connectivity index (χ4n) is 16.0. The number of unbranched alkanes of at least 4 members (excludes halogenated alkanes) is 44. The molecule has 14 heteroatoms. The van der Waals surface area contributed by atoms with Crippen molar-refractivity contribution >= 4 is 35.7 Å². The number of nitrogens with one attached hydrogen (secondary N) is 2. The molecule has 0 aliphatic carbocycles. The van der Waals surface area contributed by atoms with Crippen LogP contribution in [0.25, 0.3) is 0 Å². The lowest BCUT2D eigenvalue weighted by atomic mass is 9.87. The average Bonchev–Trinajstić information content (AvgIpc) is 0.877. The topological polar surface area (TPSA) is 170 Å². The van der Waals surface area contributed by atoms with Crippen LogP contribution >= 0.6 is 0 Å². The van der Waals surface area contributed by atoms with Gasteiger partial charge >= 0.3 is 23.9 Å². The number of esters is 4. The van der Waals surface area contributed by atoms with Gasteiger partial charge in [0.15, 0.2) is 0 Å². The lowest BCUT2D eigenvalue weighted by Gasteiger charge is -2.27. The van der Waals surface area contributed by atoms with Crippen LogP contribution in [-0.4, -0.2) is 122 Å². The molecular formula is C100H194N4O10. The molecule has 2 atom stereocenters. The third kappa shape index (κ3) is 70.6. The second-order valence-corrected chi connectivity index (χ2v) is 36.4. The number of carbonyl (C=O) groups is 6. The molecule has 0 aromatic carbocycles. The number of hydrogen-bond donors (Lipinski definition) is 2. The molecule has 0 heterocycles. The van der Waals surface area contributed by atoms with Crippen LogP contribution < -0.4 is 10.6 Å². The lowest BCUT2D eigenvalue weighted by Crippen LogP contribution is -2.38. The molecule has 0 saturated carbocycles. The van der Waals surface area contributed by atoms with Gasteiger partial charge in [0.1, 0.15) is 24.4 Å². The Hall–Kier alpha value is -3.26. The maximum atomic E-state index is 13.6. The number of amides is 2. The minimum absolute atomic E-state index is 0.0284. The van der Waals surface area contributed by atoms with Gasteiger partial charge in [-0.1, -0.05) is 325 Å². The molecule has 0 bridgehead atoms. The van der Waals surface area contributed by atoms with Crippen molar-refractivity contribution in [1.82, 2.24) is 20.4 Å². The van der Waals surface area contributed by atoms with E-state index in [0.717, 1.165) is 219 Å². The SMILES string of the molecule is CCCCCCCCCC[C@@H](CC)OC(=O)C(C)(C)CCCCN(CCCCCCCC(=O)OC(CCCCCCCC)CCCCCCCC)CCNC(=O)CCC(=O)NCCN(CCCCCCCC(=O)OC(CCCCCCCC)CCCCCCCC)CCCCC(C)(C)C(=O)O[C@H](CC)CCCCCCCCCC. The van der Waals surface area contributed by atoms with Gasteiger partial charge in [-0.15, -0.1) is 0 Å². The quantitative estimate of drug-likeness (QED) is 0.0336. The van der Waals surface area contributed by atoms with Crippen molar-refractivity contribution in [3.63, 3.8) is 0 Å². The average molecular weight is 1610 g/mol. The highest BCUT2D eigenvalue weighted by Crippen LogP contribution is 2.30. The fourth-order valence-corrected chi connectivity index (χ4v) is 16.0. The summed E-state index contributed by atoms with van der Waals surface area (Å²) in [5.41, 5.74) is -1.14. The zero-order valence-corrected chi connectivity index (χ0v) is 78.0. The Balaban J connectivity index is 5.80. The molecule has 0 rings (SSSR count). The van der Waals surface area contributed by atoms with E-state index in [2.05, 4.69) is 75.8 Å². The van der Waals surface area contributed by atoms with Crippen LogP contribution in [0.15, 0.2) is 0 Å². The van der Waals surface area contributed by atoms with Gasteiger partial charge in [0.05, 0.1) is 10.8 Å². The van der Waals surface area contributed by atoms with Gasteiger partial charge < -0.3 is 39.4 Å². The van der Waals surface area contributed by atoms with Crippen molar-refractivity contribution in [3.05, 3.63) is 0 Å². The highest BCUT2D eigenvalue weighted by Gasteiger charge is 2.32. The highest BCUT2D eigenvalue weighted by molar-refractivity contribution is 5.83. The lowest BCUT2D eigenvalue weighted by molar-refractivity contribution is -0.161. The molecule has 0 unspecified atom stereocenters. The summed E-state index contributed by atoms with van der Waals surface area (Å²) in [7, 11) is 0. The van der Waals surface area contributed by atoms with E-state index in [1.807, 2.05) is 27.7 Å². The van der Waals surface area contributed by atoms with E-state index in [-0.39, 0.29) is 72.9 Å². The van der Waals surface area contributed by atoms with E-state index in [1.54, 1.807) is 0 Å². The minimum Gasteiger partial charge on any atom is -0.462 e. The summed E-state index contributed by atoms with van der Waals surface area (Å²) in [5.74, 6) is -0.474. The van der Waals surface area contributed by atoms with Crippen LogP contribution in [0, 0.1) is 10.8 Å². The van der Waals surface area contributed by atoms with E-state index in [4.69, 9.17) is 18.9 Å². The predicted octanol–water partition coefficient (Wildman–Crippen LogP) is 28.2. The summed E-state index contributed by atoms with van der Waals surface area (Å²) < 4.78 is 24.7. The molecule has 0 aliphatic rings. The Morgan fingerprint density at radius 3 is 0.719 bits per heavy atom. The molecule has 114 heavy (non-hydrogen) atoms. The largest absolute Gasteiger partial charge is 0.462 e.